The lowest BCUT2D eigenvalue weighted by atomic mass is 9.87. The third-order valence-corrected chi connectivity index (χ3v) is 5.14. The number of benzene rings is 1. The first-order chi connectivity index (χ1) is 12.5. The number of hydrogen-bond donors (Lipinski definition) is 2. The molecule has 3 unspecified atom stereocenters. The average Bonchev–Trinajstić information content (AvgIpc) is 3.03. The maximum absolute atomic E-state index is 13.0. The normalized spacial score (nSPS) is 25.0. The lowest BCUT2D eigenvalue weighted by Gasteiger charge is -2.35. The molecule has 2 N–H and O–H groups in total. The second kappa shape index (κ2) is 7.37. The Morgan fingerprint density at radius 1 is 1.27 bits per heavy atom. The first-order valence-corrected chi connectivity index (χ1v) is 8.77. The Bertz CT molecular complexity index is 746. The van der Waals surface area contributed by atoms with E-state index in [0.717, 1.165) is 17.7 Å². The highest BCUT2D eigenvalue weighted by Gasteiger charge is 2.48. The van der Waals surface area contributed by atoms with Gasteiger partial charge in [-0.3, -0.25) is 14.6 Å². The molecule has 1 amide bonds. The highest BCUT2D eigenvalue weighted by Crippen LogP contribution is 2.39. The van der Waals surface area contributed by atoms with Crippen molar-refractivity contribution >= 4 is 11.9 Å². The number of amides is 1. The Morgan fingerprint density at radius 2 is 2.00 bits per heavy atom. The van der Waals surface area contributed by atoms with Crippen LogP contribution in [-0.4, -0.2) is 43.3 Å². The summed E-state index contributed by atoms with van der Waals surface area (Å²) in [6.07, 6.45) is 0.552. The fourth-order valence-corrected chi connectivity index (χ4v) is 3.77. The topological polar surface area (TPSA) is 79.9 Å². The van der Waals surface area contributed by atoms with Crippen molar-refractivity contribution < 1.29 is 19.1 Å². The summed E-state index contributed by atoms with van der Waals surface area (Å²) >= 11 is 0. The maximum Gasteiger partial charge on any atom is 0.310 e. The minimum absolute atomic E-state index is 0.0229. The Hall–Kier alpha value is -2.54. The van der Waals surface area contributed by atoms with E-state index in [9.17, 15) is 9.59 Å². The minimum Gasteiger partial charge on any atom is -0.496 e. The molecular formula is C19H25N3O4. The van der Waals surface area contributed by atoms with E-state index >= 15 is 0 Å². The van der Waals surface area contributed by atoms with Crippen molar-refractivity contribution in [2.45, 2.75) is 44.8 Å². The molecule has 0 spiro atoms. The summed E-state index contributed by atoms with van der Waals surface area (Å²) in [5, 5.41) is 5.02. The molecule has 140 valence electrons. The largest absolute Gasteiger partial charge is 0.496 e. The molecule has 1 fully saturated rings. The van der Waals surface area contributed by atoms with Gasteiger partial charge in [0.25, 0.3) is 5.91 Å². The van der Waals surface area contributed by atoms with Crippen molar-refractivity contribution in [1.82, 2.24) is 15.8 Å². The zero-order valence-electron chi connectivity index (χ0n) is 15.5. The summed E-state index contributed by atoms with van der Waals surface area (Å²) in [5.41, 5.74) is 5.50. The molecular weight excluding hydrogens is 334 g/mol. The maximum atomic E-state index is 13.0. The lowest BCUT2D eigenvalue weighted by Crippen LogP contribution is -2.54. The van der Waals surface area contributed by atoms with Gasteiger partial charge in [-0.25, -0.2) is 5.43 Å². The number of hydrogen-bond acceptors (Lipinski definition) is 6. The molecule has 2 aliphatic rings. The molecule has 3 rings (SSSR count). The van der Waals surface area contributed by atoms with E-state index < -0.39 is 5.97 Å². The van der Waals surface area contributed by atoms with Crippen LogP contribution in [0, 0.1) is 0 Å². The average molecular weight is 359 g/mol. The molecule has 1 aromatic carbocycles. The lowest BCUT2D eigenvalue weighted by molar-refractivity contribution is -0.142. The van der Waals surface area contributed by atoms with Crippen molar-refractivity contribution in [3.05, 3.63) is 41.1 Å². The summed E-state index contributed by atoms with van der Waals surface area (Å²) in [4.78, 5) is 24.6. The fourth-order valence-electron chi connectivity index (χ4n) is 3.77. The van der Waals surface area contributed by atoms with E-state index in [2.05, 4.69) is 17.7 Å². The number of fused-ring (bicyclic) bond motifs is 1. The monoisotopic (exact) mass is 359 g/mol. The number of nitrogens with one attached hydrogen (secondary N) is 2. The van der Waals surface area contributed by atoms with Gasteiger partial charge < -0.3 is 14.8 Å². The summed E-state index contributed by atoms with van der Waals surface area (Å²) in [6.45, 7) is 3.91. The molecule has 0 aromatic heterocycles. The molecule has 0 radical (unpaired) electrons. The first kappa shape index (κ1) is 18.3. The van der Waals surface area contributed by atoms with Gasteiger partial charge in [0.05, 0.1) is 20.6 Å². The van der Waals surface area contributed by atoms with Gasteiger partial charge in [-0.2, -0.15) is 0 Å². The Balaban J connectivity index is 1.97. The van der Waals surface area contributed by atoms with E-state index in [1.165, 1.54) is 7.11 Å². The van der Waals surface area contributed by atoms with E-state index in [0.29, 0.717) is 11.3 Å². The van der Waals surface area contributed by atoms with Crippen LogP contribution in [0.5, 0.6) is 5.75 Å². The zero-order chi connectivity index (χ0) is 18.8. The number of allylic oxidation sites excluding steroid dienone is 1. The number of ether oxygens (including phenoxy) is 2. The van der Waals surface area contributed by atoms with Gasteiger partial charge in [-0.15, -0.1) is 0 Å². The Labute approximate surface area is 153 Å². The number of nitrogens with zero attached hydrogens (tertiary/aromatic N) is 1. The predicted molar refractivity (Wildman–Crippen MR) is 96.1 cm³/mol. The summed E-state index contributed by atoms with van der Waals surface area (Å²) in [5.74, 6) is 0.207. The van der Waals surface area contributed by atoms with E-state index in [-0.39, 0.29) is 30.5 Å². The number of carbonyl (C=O) groups excluding carboxylic acids is 2. The quantitative estimate of drug-likeness (QED) is 0.779. The van der Waals surface area contributed by atoms with Gasteiger partial charge in [0.15, 0.2) is 0 Å². The third-order valence-electron chi connectivity index (χ3n) is 5.14. The van der Waals surface area contributed by atoms with Crippen molar-refractivity contribution in [2.75, 3.05) is 14.2 Å². The van der Waals surface area contributed by atoms with Crippen LogP contribution in [0.3, 0.4) is 0 Å². The first-order valence-electron chi connectivity index (χ1n) is 8.77. The molecule has 7 nitrogen and oxygen atoms in total. The smallest absolute Gasteiger partial charge is 0.310 e. The number of para-hydroxylation sites is 1. The van der Waals surface area contributed by atoms with Crippen LogP contribution in [-0.2, 0) is 14.3 Å². The minimum atomic E-state index is -0.430. The van der Waals surface area contributed by atoms with Crippen LogP contribution >= 0.6 is 0 Å². The zero-order valence-corrected chi connectivity index (χ0v) is 15.5. The molecule has 0 saturated carbocycles. The van der Waals surface area contributed by atoms with Gasteiger partial charge >= 0.3 is 5.97 Å². The van der Waals surface area contributed by atoms with Gasteiger partial charge in [0, 0.05) is 28.8 Å². The molecule has 2 heterocycles. The van der Waals surface area contributed by atoms with Gasteiger partial charge in [0.2, 0.25) is 0 Å². The second-order valence-electron chi connectivity index (χ2n) is 6.53. The van der Waals surface area contributed by atoms with Gasteiger partial charge in [-0.05, 0) is 19.4 Å². The SMILES string of the molecule is CCC1NN2C(=O)C(CC(=O)OC)=C(C)NC2C1c1ccccc1OC. The number of rotatable bonds is 5. The predicted octanol–water partition coefficient (Wildman–Crippen LogP) is 1.67. The standard InChI is InChI=1S/C19H25N3O4/c1-5-14-17(12-8-6-7-9-15(12)25-3)18-20-11(2)13(10-16(23)26-4)19(24)22(18)21-14/h6-9,14,17-18,20-21H,5,10H2,1-4H3. The van der Waals surface area contributed by atoms with Gasteiger partial charge in [0.1, 0.15) is 11.9 Å². The van der Waals surface area contributed by atoms with Crippen LogP contribution < -0.4 is 15.5 Å². The van der Waals surface area contributed by atoms with Crippen LogP contribution in [0.2, 0.25) is 0 Å². The van der Waals surface area contributed by atoms with Crippen molar-refractivity contribution in [3.8, 4) is 5.75 Å². The number of esters is 1. The van der Waals surface area contributed by atoms with Crippen molar-refractivity contribution in [3.63, 3.8) is 0 Å². The van der Waals surface area contributed by atoms with Crippen molar-refractivity contribution in [2.24, 2.45) is 0 Å². The Morgan fingerprint density at radius 3 is 2.65 bits per heavy atom. The van der Waals surface area contributed by atoms with Crippen LogP contribution in [0.25, 0.3) is 0 Å². The van der Waals surface area contributed by atoms with Crippen molar-refractivity contribution in [1.29, 1.82) is 0 Å². The second-order valence-corrected chi connectivity index (χ2v) is 6.53. The number of hydrazine groups is 1. The molecule has 0 bridgehead atoms. The summed E-state index contributed by atoms with van der Waals surface area (Å²) in [7, 11) is 2.97. The highest BCUT2D eigenvalue weighted by molar-refractivity contribution is 5.99. The van der Waals surface area contributed by atoms with E-state index in [1.807, 2.05) is 31.2 Å². The van der Waals surface area contributed by atoms with Gasteiger partial charge in [-0.1, -0.05) is 25.1 Å². The third kappa shape index (κ3) is 3.03. The number of carbonyl (C=O) groups is 2. The summed E-state index contributed by atoms with van der Waals surface area (Å²) in [6, 6.07) is 7.94. The molecule has 2 aliphatic heterocycles. The summed E-state index contributed by atoms with van der Waals surface area (Å²) < 4.78 is 10.3. The van der Waals surface area contributed by atoms with Crippen LogP contribution in [0.1, 0.15) is 38.2 Å². The van der Waals surface area contributed by atoms with E-state index in [4.69, 9.17) is 9.47 Å². The molecule has 7 heteroatoms. The molecule has 1 aromatic rings. The van der Waals surface area contributed by atoms with Crippen LogP contribution in [0.15, 0.2) is 35.5 Å². The molecule has 1 saturated heterocycles. The number of methoxy groups -OCH3 is 2. The molecule has 3 atom stereocenters. The molecule has 26 heavy (non-hydrogen) atoms. The van der Waals surface area contributed by atoms with Crippen LogP contribution in [0.4, 0.5) is 0 Å². The molecule has 0 aliphatic carbocycles. The highest BCUT2D eigenvalue weighted by atomic mass is 16.5. The van der Waals surface area contributed by atoms with E-state index in [1.54, 1.807) is 12.1 Å². The fraction of sp³-hybridized carbons (Fsp3) is 0.474. The Kier molecular flexibility index (Phi) is 5.18.